The molecule has 2 aliphatic heterocycles. The molecule has 8 rings (SSSR count). The number of unbranched alkanes of at least 4 members (excludes halogenated alkanes) is 4. The SMILES string of the molecule is CC(C)[C@@H](CS(=O)(=O)C(C)C)N1C(=O)[C@@](C)(CC(=O)Nc2ccc(C(=O)NCCCCCCCNC(=O)c3ccc(NC(=O)C[C@@]4(C)C[C@H](c5cccc(Cl)c5)[C@@H](c5ccc(Cl)cc5)N([C@H](CS(=O)(=O)C(C)C)C(C)C)C4=O)cc3)cc2)C[C@H](c2cccc(Cl)c2)[C@H]1c1ccc(Cl)cc1. The number of likely N-dealkylation sites (tertiary alicyclic amines) is 2. The number of anilines is 2. The number of amides is 6. The molecule has 0 aliphatic carbocycles. The van der Waals surface area contributed by atoms with Gasteiger partial charge in [-0.2, -0.15) is 0 Å². The van der Waals surface area contributed by atoms with E-state index in [1.165, 1.54) is 0 Å². The molecule has 6 aromatic carbocycles. The van der Waals surface area contributed by atoms with Crippen LogP contribution in [0.15, 0.2) is 146 Å². The molecule has 2 aliphatic rings. The lowest BCUT2D eigenvalue weighted by Crippen LogP contribution is -2.59. The summed E-state index contributed by atoms with van der Waals surface area (Å²) < 4.78 is 54.8. The molecule has 2 heterocycles. The summed E-state index contributed by atoms with van der Waals surface area (Å²) in [4.78, 5) is 88.8. The number of hydrogen-bond acceptors (Lipinski definition) is 10. The monoisotopic (exact) mass is 1470 g/mol. The van der Waals surface area contributed by atoms with Crippen LogP contribution in [-0.4, -0.2) is 109 Å². The van der Waals surface area contributed by atoms with Crippen molar-refractivity contribution >= 4 is 113 Å². The molecule has 0 radical (unpaired) electrons. The van der Waals surface area contributed by atoms with Crippen LogP contribution in [0.25, 0.3) is 0 Å². The van der Waals surface area contributed by atoms with Crippen LogP contribution in [0.3, 0.4) is 0 Å². The van der Waals surface area contributed by atoms with Gasteiger partial charge in [0.15, 0.2) is 19.7 Å². The van der Waals surface area contributed by atoms with Gasteiger partial charge in [0, 0.05) is 92.4 Å². The van der Waals surface area contributed by atoms with Crippen molar-refractivity contribution < 1.29 is 45.6 Å². The number of nitrogens with zero attached hydrogens (tertiary/aromatic N) is 2. The van der Waals surface area contributed by atoms with Gasteiger partial charge in [-0.15, -0.1) is 0 Å². The number of benzene rings is 6. The largest absolute Gasteiger partial charge is 0.352 e. The molecule has 0 bridgehead atoms. The summed E-state index contributed by atoms with van der Waals surface area (Å²) in [5.41, 5.74) is 2.36. The van der Waals surface area contributed by atoms with E-state index in [0.29, 0.717) is 55.7 Å². The van der Waals surface area contributed by atoms with Gasteiger partial charge in [0.05, 0.1) is 44.9 Å². The molecule has 4 N–H and O–H groups in total. The highest BCUT2D eigenvalue weighted by Crippen LogP contribution is 2.55. The normalized spacial score (nSPS) is 20.5. The molecule has 2 fully saturated rings. The lowest BCUT2D eigenvalue weighted by molar-refractivity contribution is -0.157. The second kappa shape index (κ2) is 33.8. The van der Waals surface area contributed by atoms with E-state index < -0.39 is 88.8 Å². The van der Waals surface area contributed by atoms with Gasteiger partial charge in [-0.3, -0.25) is 28.8 Å². The summed E-state index contributed by atoms with van der Waals surface area (Å²) in [6.07, 6.45) is 4.14. The summed E-state index contributed by atoms with van der Waals surface area (Å²) in [6, 6.07) is 39.7. The van der Waals surface area contributed by atoms with Crippen LogP contribution >= 0.6 is 46.4 Å². The van der Waals surface area contributed by atoms with Crippen molar-refractivity contribution in [3.63, 3.8) is 0 Å². The minimum atomic E-state index is -3.65. The first-order chi connectivity index (χ1) is 46.7. The van der Waals surface area contributed by atoms with Crippen molar-refractivity contribution in [2.75, 3.05) is 35.2 Å². The Morgan fingerprint density at radius 2 is 0.788 bits per heavy atom. The standard InChI is InChI=1S/C77H94Cl4N6O10S2/c1-48(2)66(46-98(94,95)50(5)6)86-70(52-22-30-58(78)31-23-52)64(56-18-16-20-60(80)40-56)42-76(9,74(86)92)44-68(88)84-62-34-26-54(27-35-62)72(90)82-38-14-12-11-13-15-39-83-73(91)55-28-36-63(37-29-55)85-69(89)45-77(10)43-65(57-19-17-21-61(81)41-57)71(53-24-32-59(79)33-25-53)87(75(77)93)67(49(3)4)47-99(96,97)51(7)8/h16-37,40-41,48-51,64-67,70-71H,11-15,38-39,42-47H2,1-10H3,(H,82,90)(H,83,91)(H,84,88)(H,85,89)/t64-,65-,66-,67-,70-,71-,76-,77-/m1/s1. The van der Waals surface area contributed by atoms with Crippen molar-refractivity contribution in [3.8, 4) is 0 Å². The summed E-state index contributed by atoms with van der Waals surface area (Å²) in [7, 11) is -7.29. The van der Waals surface area contributed by atoms with Crippen molar-refractivity contribution in [2.45, 2.75) is 174 Å². The molecule has 0 aromatic heterocycles. The van der Waals surface area contributed by atoms with Gasteiger partial charge in [0.25, 0.3) is 11.8 Å². The number of carbonyl (C=O) groups excluding carboxylic acids is 6. The summed E-state index contributed by atoms with van der Waals surface area (Å²) in [5, 5.41) is 12.5. The maximum absolute atomic E-state index is 15.3. The molecular formula is C77H94Cl4N6O10S2. The zero-order chi connectivity index (χ0) is 72.3. The van der Waals surface area contributed by atoms with Crippen LogP contribution in [0.2, 0.25) is 20.1 Å². The van der Waals surface area contributed by atoms with Gasteiger partial charge in [0.1, 0.15) is 0 Å². The fourth-order valence-electron chi connectivity index (χ4n) is 13.8. The quantitative estimate of drug-likeness (QED) is 0.0312. The summed E-state index contributed by atoms with van der Waals surface area (Å²) >= 11 is 26.0. The first-order valence-electron chi connectivity index (χ1n) is 34.2. The molecule has 8 atom stereocenters. The average molecular weight is 1470 g/mol. The number of piperidine rings is 2. The number of halogens is 4. The predicted molar refractivity (Wildman–Crippen MR) is 398 cm³/mol. The third kappa shape index (κ3) is 19.8. The zero-order valence-corrected chi connectivity index (χ0v) is 62.8. The molecule has 16 nitrogen and oxygen atoms in total. The maximum Gasteiger partial charge on any atom is 0.251 e. The van der Waals surface area contributed by atoms with E-state index in [1.807, 2.05) is 88.4 Å². The van der Waals surface area contributed by atoms with Crippen LogP contribution in [0, 0.1) is 22.7 Å². The second-order valence-electron chi connectivity index (χ2n) is 28.5. The van der Waals surface area contributed by atoms with Gasteiger partial charge >= 0.3 is 0 Å². The van der Waals surface area contributed by atoms with E-state index in [-0.39, 0.29) is 72.7 Å². The minimum absolute atomic E-state index is 0.207. The van der Waals surface area contributed by atoms with Gasteiger partial charge in [-0.25, -0.2) is 16.8 Å². The lowest BCUT2D eigenvalue weighted by Gasteiger charge is -2.53. The highest BCUT2D eigenvalue weighted by atomic mass is 35.5. The van der Waals surface area contributed by atoms with Crippen LogP contribution in [0.5, 0.6) is 0 Å². The molecular weight excluding hydrogens is 1370 g/mol. The van der Waals surface area contributed by atoms with Crippen molar-refractivity contribution in [2.24, 2.45) is 22.7 Å². The van der Waals surface area contributed by atoms with E-state index in [1.54, 1.807) is 136 Å². The number of carbonyl (C=O) groups is 6. The molecule has 532 valence electrons. The van der Waals surface area contributed by atoms with Gasteiger partial charge < -0.3 is 31.1 Å². The van der Waals surface area contributed by atoms with Crippen LogP contribution in [0.1, 0.15) is 194 Å². The number of hydrogen-bond donors (Lipinski definition) is 4. The Morgan fingerprint density at radius 1 is 0.455 bits per heavy atom. The van der Waals surface area contributed by atoms with Crippen molar-refractivity contribution in [3.05, 3.63) is 199 Å². The van der Waals surface area contributed by atoms with Crippen molar-refractivity contribution in [1.82, 2.24) is 20.4 Å². The lowest BCUT2D eigenvalue weighted by atomic mass is 9.66. The van der Waals surface area contributed by atoms with E-state index in [9.17, 15) is 36.0 Å². The minimum Gasteiger partial charge on any atom is -0.352 e. The molecule has 22 heteroatoms. The smallest absolute Gasteiger partial charge is 0.251 e. The highest BCUT2D eigenvalue weighted by Gasteiger charge is 2.55. The van der Waals surface area contributed by atoms with Crippen LogP contribution < -0.4 is 21.3 Å². The molecule has 2 saturated heterocycles. The Balaban J connectivity index is 0.801. The molecule has 6 amide bonds. The van der Waals surface area contributed by atoms with Crippen LogP contribution in [0.4, 0.5) is 11.4 Å². The van der Waals surface area contributed by atoms with Gasteiger partial charge in [-0.05, 0) is 185 Å². The Kier molecular flexibility index (Phi) is 26.6. The molecule has 0 saturated carbocycles. The topological polar surface area (TPSA) is 225 Å². The van der Waals surface area contributed by atoms with Gasteiger partial charge in [0.2, 0.25) is 23.6 Å². The zero-order valence-electron chi connectivity index (χ0n) is 58.1. The number of nitrogens with one attached hydrogen (secondary N) is 4. The third-order valence-electron chi connectivity index (χ3n) is 19.6. The van der Waals surface area contributed by atoms with E-state index >= 15 is 9.59 Å². The predicted octanol–water partition coefficient (Wildman–Crippen LogP) is 16.3. The molecule has 0 spiro atoms. The molecule has 6 aromatic rings. The summed E-state index contributed by atoms with van der Waals surface area (Å²) in [6.45, 7) is 18.6. The Morgan fingerprint density at radius 3 is 1.10 bits per heavy atom. The van der Waals surface area contributed by atoms with Gasteiger partial charge in [-0.1, -0.05) is 156 Å². The summed E-state index contributed by atoms with van der Waals surface area (Å²) in [5.74, 6) is -3.92. The average Bonchev–Trinajstić information content (AvgIpc) is 0.741. The number of rotatable bonds is 30. The molecule has 99 heavy (non-hydrogen) atoms. The number of sulfone groups is 2. The van der Waals surface area contributed by atoms with E-state index in [0.717, 1.165) is 54.4 Å². The maximum atomic E-state index is 15.3. The Hall–Kier alpha value is -6.80. The Bertz CT molecular complexity index is 3800. The molecule has 0 unspecified atom stereocenters. The van der Waals surface area contributed by atoms with Crippen LogP contribution in [-0.2, 0) is 38.9 Å². The Labute approximate surface area is 605 Å². The highest BCUT2D eigenvalue weighted by molar-refractivity contribution is 7.92. The second-order valence-corrected chi connectivity index (χ2v) is 35.5. The third-order valence-corrected chi connectivity index (χ3v) is 25.0. The van der Waals surface area contributed by atoms with Crippen molar-refractivity contribution in [1.29, 1.82) is 0 Å². The van der Waals surface area contributed by atoms with E-state index in [4.69, 9.17) is 46.4 Å². The first kappa shape index (κ1) is 77.9. The fourth-order valence-corrected chi connectivity index (χ4v) is 17.3. The first-order valence-corrected chi connectivity index (χ1v) is 39.1. The fraction of sp³-hybridized carbons (Fsp3) is 0.455. The van der Waals surface area contributed by atoms with E-state index in [2.05, 4.69) is 21.3 Å².